The van der Waals surface area contributed by atoms with Gasteiger partial charge in [0.15, 0.2) is 0 Å². The lowest BCUT2D eigenvalue weighted by molar-refractivity contribution is 0.230. The monoisotopic (exact) mass is 270 g/mol. The Morgan fingerprint density at radius 2 is 1.94 bits per heavy atom. The Bertz CT molecular complexity index is 406. The zero-order chi connectivity index (χ0) is 13.0. The lowest BCUT2D eigenvalue weighted by Crippen LogP contribution is -2.42. The van der Waals surface area contributed by atoms with Crippen molar-refractivity contribution in [1.82, 2.24) is 10.2 Å². The van der Waals surface area contributed by atoms with Gasteiger partial charge in [0.2, 0.25) is 0 Å². The van der Waals surface area contributed by atoms with Gasteiger partial charge in [-0.05, 0) is 6.07 Å². The number of hydrogen-bond donors (Lipinski definition) is 1. The van der Waals surface area contributed by atoms with Crippen molar-refractivity contribution >= 4 is 11.6 Å². The number of ether oxygens (including phenoxy) is 2. The second-order valence-electron chi connectivity index (χ2n) is 4.30. The number of nitrogens with one attached hydrogen (secondary N) is 1. The van der Waals surface area contributed by atoms with Crippen molar-refractivity contribution in [2.45, 2.75) is 6.54 Å². The molecule has 1 aliphatic rings. The smallest absolute Gasteiger partial charge is 0.145 e. The summed E-state index contributed by atoms with van der Waals surface area (Å²) in [5.74, 6) is 1.37. The SMILES string of the molecule is COc1ccc(CN2CCNCC2)c(OC)c1Cl. The maximum atomic E-state index is 6.25. The first-order valence-electron chi connectivity index (χ1n) is 6.08. The molecule has 0 radical (unpaired) electrons. The highest BCUT2D eigenvalue weighted by Crippen LogP contribution is 2.37. The van der Waals surface area contributed by atoms with E-state index in [4.69, 9.17) is 21.1 Å². The normalized spacial score (nSPS) is 16.6. The highest BCUT2D eigenvalue weighted by atomic mass is 35.5. The van der Waals surface area contributed by atoms with Gasteiger partial charge in [-0.2, -0.15) is 0 Å². The predicted molar refractivity (Wildman–Crippen MR) is 72.7 cm³/mol. The van der Waals surface area contributed by atoms with Gasteiger partial charge in [-0.3, -0.25) is 4.90 Å². The summed E-state index contributed by atoms with van der Waals surface area (Å²) in [7, 11) is 3.25. The molecule has 1 aliphatic heterocycles. The summed E-state index contributed by atoms with van der Waals surface area (Å²) in [5.41, 5.74) is 1.10. The predicted octanol–water partition coefficient (Wildman–Crippen LogP) is 1.76. The van der Waals surface area contributed by atoms with E-state index in [-0.39, 0.29) is 0 Å². The molecule has 0 saturated carbocycles. The lowest BCUT2D eigenvalue weighted by atomic mass is 10.1. The average Bonchev–Trinajstić information content (AvgIpc) is 2.40. The Morgan fingerprint density at radius 3 is 2.56 bits per heavy atom. The van der Waals surface area contributed by atoms with Crippen LogP contribution in [0.1, 0.15) is 5.56 Å². The molecular weight excluding hydrogens is 252 g/mol. The molecule has 0 unspecified atom stereocenters. The summed E-state index contributed by atoms with van der Waals surface area (Å²) in [6, 6.07) is 3.91. The Morgan fingerprint density at radius 1 is 1.22 bits per heavy atom. The van der Waals surface area contributed by atoms with Gasteiger partial charge in [0.1, 0.15) is 16.5 Å². The van der Waals surface area contributed by atoms with Gasteiger partial charge in [0, 0.05) is 38.3 Å². The van der Waals surface area contributed by atoms with Crippen LogP contribution in [0.2, 0.25) is 5.02 Å². The maximum absolute atomic E-state index is 6.25. The summed E-state index contributed by atoms with van der Waals surface area (Å²) >= 11 is 6.25. The zero-order valence-electron chi connectivity index (χ0n) is 10.8. The van der Waals surface area contributed by atoms with E-state index < -0.39 is 0 Å². The van der Waals surface area contributed by atoms with Crippen molar-refractivity contribution < 1.29 is 9.47 Å². The van der Waals surface area contributed by atoms with Crippen molar-refractivity contribution in [3.05, 3.63) is 22.7 Å². The number of nitrogens with zero attached hydrogens (tertiary/aromatic N) is 1. The van der Waals surface area contributed by atoms with Crippen molar-refractivity contribution in [1.29, 1.82) is 0 Å². The van der Waals surface area contributed by atoms with Crippen molar-refractivity contribution in [3.8, 4) is 11.5 Å². The first kappa shape index (κ1) is 13.5. The van der Waals surface area contributed by atoms with Gasteiger partial charge < -0.3 is 14.8 Å². The molecule has 100 valence electrons. The van der Waals surface area contributed by atoms with E-state index in [1.807, 2.05) is 12.1 Å². The molecule has 0 amide bonds. The zero-order valence-corrected chi connectivity index (χ0v) is 11.6. The Hall–Kier alpha value is -0.970. The van der Waals surface area contributed by atoms with E-state index in [1.165, 1.54) is 0 Å². The van der Waals surface area contributed by atoms with Crippen LogP contribution in [0.3, 0.4) is 0 Å². The van der Waals surface area contributed by atoms with E-state index in [1.54, 1.807) is 14.2 Å². The largest absolute Gasteiger partial charge is 0.495 e. The third-order valence-electron chi connectivity index (χ3n) is 3.17. The molecule has 1 saturated heterocycles. The number of methoxy groups -OCH3 is 2. The van der Waals surface area contributed by atoms with Crippen molar-refractivity contribution in [2.24, 2.45) is 0 Å². The fourth-order valence-corrected chi connectivity index (χ4v) is 2.53. The second kappa shape index (κ2) is 6.27. The van der Waals surface area contributed by atoms with Crippen LogP contribution >= 0.6 is 11.6 Å². The van der Waals surface area contributed by atoms with Gasteiger partial charge in [-0.25, -0.2) is 0 Å². The van der Waals surface area contributed by atoms with Crippen LogP contribution in [0.4, 0.5) is 0 Å². The Labute approximate surface area is 113 Å². The topological polar surface area (TPSA) is 33.7 Å². The molecule has 0 bridgehead atoms. The number of hydrogen-bond acceptors (Lipinski definition) is 4. The molecule has 1 N–H and O–H groups in total. The van der Waals surface area contributed by atoms with Gasteiger partial charge in [-0.1, -0.05) is 17.7 Å². The van der Waals surface area contributed by atoms with Crippen molar-refractivity contribution in [2.75, 3.05) is 40.4 Å². The van der Waals surface area contributed by atoms with E-state index in [0.29, 0.717) is 10.8 Å². The maximum Gasteiger partial charge on any atom is 0.145 e. The van der Waals surface area contributed by atoms with Crippen LogP contribution in [0.5, 0.6) is 11.5 Å². The molecule has 0 atom stereocenters. The molecule has 0 aromatic heterocycles. The highest BCUT2D eigenvalue weighted by molar-refractivity contribution is 6.33. The molecular formula is C13H19ClN2O2. The third kappa shape index (κ3) is 2.88. The summed E-state index contributed by atoms with van der Waals surface area (Å²) < 4.78 is 10.6. The fraction of sp³-hybridized carbons (Fsp3) is 0.538. The fourth-order valence-electron chi connectivity index (χ4n) is 2.19. The number of benzene rings is 1. The lowest BCUT2D eigenvalue weighted by Gasteiger charge is -2.28. The van der Waals surface area contributed by atoms with E-state index in [9.17, 15) is 0 Å². The summed E-state index contributed by atoms with van der Waals surface area (Å²) in [6.07, 6.45) is 0. The summed E-state index contributed by atoms with van der Waals surface area (Å²) in [5, 5.41) is 3.89. The molecule has 1 aromatic carbocycles. The summed E-state index contributed by atoms with van der Waals surface area (Å²) in [4.78, 5) is 2.39. The van der Waals surface area contributed by atoms with Gasteiger partial charge in [0.25, 0.3) is 0 Å². The van der Waals surface area contributed by atoms with E-state index >= 15 is 0 Å². The number of halogens is 1. The quantitative estimate of drug-likeness (QED) is 0.904. The highest BCUT2D eigenvalue weighted by Gasteiger charge is 2.16. The minimum atomic E-state index is 0.549. The van der Waals surface area contributed by atoms with Gasteiger partial charge >= 0.3 is 0 Å². The van der Waals surface area contributed by atoms with Gasteiger partial charge in [-0.15, -0.1) is 0 Å². The minimum absolute atomic E-state index is 0.549. The average molecular weight is 271 g/mol. The minimum Gasteiger partial charge on any atom is -0.495 e. The van der Waals surface area contributed by atoms with Crippen LogP contribution in [-0.2, 0) is 6.54 Å². The molecule has 1 fully saturated rings. The number of rotatable bonds is 4. The molecule has 2 rings (SSSR count). The molecule has 1 aromatic rings. The molecule has 0 spiro atoms. The van der Waals surface area contributed by atoms with Crippen LogP contribution in [0, 0.1) is 0 Å². The standard InChI is InChI=1S/C13H19ClN2O2/c1-17-11-4-3-10(13(18-2)12(11)14)9-16-7-5-15-6-8-16/h3-4,15H,5-9H2,1-2H3. The van der Waals surface area contributed by atoms with E-state index in [0.717, 1.165) is 44.0 Å². The summed E-state index contributed by atoms with van der Waals surface area (Å²) in [6.45, 7) is 5.02. The first-order valence-corrected chi connectivity index (χ1v) is 6.46. The Balaban J connectivity index is 2.18. The molecule has 5 heteroatoms. The molecule has 18 heavy (non-hydrogen) atoms. The van der Waals surface area contributed by atoms with Crippen LogP contribution in [0.15, 0.2) is 12.1 Å². The van der Waals surface area contributed by atoms with Gasteiger partial charge in [0.05, 0.1) is 14.2 Å². The van der Waals surface area contributed by atoms with Crippen LogP contribution < -0.4 is 14.8 Å². The van der Waals surface area contributed by atoms with E-state index in [2.05, 4.69) is 10.2 Å². The van der Waals surface area contributed by atoms with Crippen LogP contribution in [0.25, 0.3) is 0 Å². The molecule has 1 heterocycles. The van der Waals surface area contributed by atoms with Crippen LogP contribution in [-0.4, -0.2) is 45.3 Å². The number of piperazine rings is 1. The Kier molecular flexibility index (Phi) is 4.69. The third-order valence-corrected chi connectivity index (χ3v) is 3.53. The molecule has 0 aliphatic carbocycles. The molecule has 4 nitrogen and oxygen atoms in total. The second-order valence-corrected chi connectivity index (χ2v) is 4.68. The first-order chi connectivity index (χ1) is 8.76. The van der Waals surface area contributed by atoms with Crippen molar-refractivity contribution in [3.63, 3.8) is 0 Å².